The topological polar surface area (TPSA) is 73.8 Å². The Hall–Kier alpha value is -0.320. The lowest BCUT2D eigenvalue weighted by molar-refractivity contribution is -0.545. The highest BCUT2D eigenvalue weighted by atomic mass is 17.3. The molecule has 8 nitrogen and oxygen atoms in total. The van der Waals surface area contributed by atoms with E-state index in [1.54, 1.807) is 0 Å². The Morgan fingerprint density at radius 3 is 0.694 bits per heavy atom. The molecule has 0 N–H and O–H groups in total. The van der Waals surface area contributed by atoms with Gasteiger partial charge in [-0.1, -0.05) is 12.8 Å². The van der Waals surface area contributed by atoms with Gasteiger partial charge in [0.1, 0.15) is 0 Å². The monoisotopic (exact) mass is 520 g/mol. The minimum absolute atomic E-state index is 0.352. The van der Waals surface area contributed by atoms with E-state index in [1.165, 1.54) is 12.8 Å². The molecule has 0 spiro atoms. The maximum Gasteiger partial charge on any atom is 0.234 e. The first kappa shape index (κ1) is 33.7. The van der Waals surface area contributed by atoms with Gasteiger partial charge >= 0.3 is 0 Å². The summed E-state index contributed by atoms with van der Waals surface area (Å²) < 4.78 is 0. The molecule has 0 amide bonds. The van der Waals surface area contributed by atoms with Gasteiger partial charge in [0.15, 0.2) is 0 Å². The summed E-state index contributed by atoms with van der Waals surface area (Å²) in [4.78, 5) is 44.1. The third-order valence-electron chi connectivity index (χ3n) is 5.00. The van der Waals surface area contributed by atoms with E-state index in [9.17, 15) is 0 Å². The van der Waals surface area contributed by atoms with Crippen LogP contribution in [0.5, 0.6) is 0 Å². The summed E-state index contributed by atoms with van der Waals surface area (Å²) in [5, 5.41) is 0. The normalized spacial score (nSPS) is 21.0. The van der Waals surface area contributed by atoms with E-state index in [0.29, 0.717) is 0 Å². The number of hydrogen-bond acceptors (Lipinski definition) is 8. The van der Waals surface area contributed by atoms with Crippen molar-refractivity contribution < 1.29 is 39.1 Å². The van der Waals surface area contributed by atoms with Gasteiger partial charge in [-0.05, 0) is 109 Å². The molecule has 0 radical (unpaired) electrons. The highest BCUT2D eigenvalue weighted by molar-refractivity contribution is 4.75. The quantitative estimate of drug-likeness (QED) is 0.180. The zero-order valence-electron chi connectivity index (χ0n) is 25.3. The lowest BCUT2D eigenvalue weighted by atomic mass is 9.94. The van der Waals surface area contributed by atoms with E-state index in [1.807, 2.05) is 83.1 Å². The second kappa shape index (κ2) is 13.7. The van der Waals surface area contributed by atoms with Crippen LogP contribution in [0.15, 0.2) is 0 Å². The van der Waals surface area contributed by atoms with Gasteiger partial charge in [0.2, 0.25) is 11.6 Å². The van der Waals surface area contributed by atoms with Gasteiger partial charge in [0.05, 0.1) is 22.4 Å². The average molecular weight is 521 g/mol. The van der Waals surface area contributed by atoms with Gasteiger partial charge < -0.3 is 0 Å². The van der Waals surface area contributed by atoms with Crippen molar-refractivity contribution in [2.45, 2.75) is 181 Å². The fourth-order valence-electron chi connectivity index (χ4n) is 3.35. The first-order valence-corrected chi connectivity index (χ1v) is 13.7. The molecule has 2 aliphatic rings. The van der Waals surface area contributed by atoms with Gasteiger partial charge in [-0.3, -0.25) is 0 Å². The lowest BCUT2D eigenvalue weighted by Gasteiger charge is -2.37. The van der Waals surface area contributed by atoms with E-state index in [0.717, 1.165) is 51.4 Å². The Kier molecular flexibility index (Phi) is 12.8. The molecule has 0 aromatic carbocycles. The summed E-state index contributed by atoms with van der Waals surface area (Å²) in [7, 11) is 0. The van der Waals surface area contributed by atoms with Crippen molar-refractivity contribution in [2.75, 3.05) is 0 Å². The zero-order valence-corrected chi connectivity index (χ0v) is 25.3. The summed E-state index contributed by atoms with van der Waals surface area (Å²) in [6.07, 6.45) is 9.92. The van der Waals surface area contributed by atoms with Crippen LogP contribution in [0.3, 0.4) is 0 Å². The number of hydrogen-bond donors (Lipinski definition) is 0. The highest BCUT2D eigenvalue weighted by Crippen LogP contribution is 2.36. The van der Waals surface area contributed by atoms with E-state index in [2.05, 4.69) is 0 Å². The predicted molar refractivity (Wildman–Crippen MR) is 139 cm³/mol. The highest BCUT2D eigenvalue weighted by Gasteiger charge is 2.41. The molecular weight excluding hydrogens is 464 g/mol. The molecule has 216 valence electrons. The van der Waals surface area contributed by atoms with Crippen molar-refractivity contribution in [3.8, 4) is 0 Å². The van der Waals surface area contributed by atoms with Crippen molar-refractivity contribution in [1.29, 1.82) is 0 Å². The second-order valence-corrected chi connectivity index (χ2v) is 14.1. The first-order valence-electron chi connectivity index (χ1n) is 13.7. The Morgan fingerprint density at radius 1 is 0.333 bits per heavy atom. The fourth-order valence-corrected chi connectivity index (χ4v) is 3.35. The summed E-state index contributed by atoms with van der Waals surface area (Å²) in [5.41, 5.74) is -1.41. The predicted octanol–water partition coefficient (Wildman–Crippen LogP) is 8.28. The molecule has 0 aromatic rings. The third-order valence-corrected chi connectivity index (χ3v) is 5.00. The molecule has 2 rings (SSSR count). The Bertz CT molecular complexity index is 501. The lowest BCUT2D eigenvalue weighted by Crippen LogP contribution is -2.42. The molecule has 0 saturated heterocycles. The van der Waals surface area contributed by atoms with Crippen LogP contribution in [0.25, 0.3) is 0 Å². The molecule has 0 aliphatic heterocycles. The van der Waals surface area contributed by atoms with Crippen molar-refractivity contribution in [3.63, 3.8) is 0 Å². The minimum Gasteiger partial charge on any atom is -0.228 e. The molecule has 2 fully saturated rings. The SMILES string of the molecule is CC(C)(C)OOC1(OOC(C)(C)C)CCCCC1.CC(C)(C)OOC1(OOC(C)(C)C)CCCCC1. The molecule has 0 atom stereocenters. The molecule has 0 bridgehead atoms. The van der Waals surface area contributed by atoms with E-state index in [4.69, 9.17) is 39.1 Å². The van der Waals surface area contributed by atoms with E-state index >= 15 is 0 Å². The van der Waals surface area contributed by atoms with Gasteiger partial charge in [0.25, 0.3) is 0 Å². The van der Waals surface area contributed by atoms with Crippen molar-refractivity contribution in [2.24, 2.45) is 0 Å². The van der Waals surface area contributed by atoms with Gasteiger partial charge in [-0.2, -0.15) is 19.6 Å². The van der Waals surface area contributed by atoms with Gasteiger partial charge in [-0.25, -0.2) is 19.6 Å². The van der Waals surface area contributed by atoms with Crippen molar-refractivity contribution in [3.05, 3.63) is 0 Å². The van der Waals surface area contributed by atoms with Gasteiger partial charge in [0, 0.05) is 25.7 Å². The Labute approximate surface area is 220 Å². The van der Waals surface area contributed by atoms with Crippen LogP contribution in [-0.4, -0.2) is 34.0 Å². The van der Waals surface area contributed by atoms with Crippen LogP contribution < -0.4 is 0 Å². The van der Waals surface area contributed by atoms with Crippen molar-refractivity contribution >= 4 is 0 Å². The van der Waals surface area contributed by atoms with Crippen LogP contribution in [0.4, 0.5) is 0 Å². The molecule has 36 heavy (non-hydrogen) atoms. The first-order chi connectivity index (χ1) is 16.2. The summed E-state index contributed by atoms with van der Waals surface area (Å²) >= 11 is 0. The maximum atomic E-state index is 5.58. The van der Waals surface area contributed by atoms with Crippen molar-refractivity contribution in [1.82, 2.24) is 0 Å². The summed E-state index contributed by atoms with van der Waals surface area (Å²) in [6, 6.07) is 0. The molecule has 2 saturated carbocycles. The van der Waals surface area contributed by atoms with Gasteiger partial charge in [-0.15, -0.1) is 0 Å². The van der Waals surface area contributed by atoms with E-state index < -0.39 is 11.6 Å². The maximum absolute atomic E-state index is 5.58. The second-order valence-electron chi connectivity index (χ2n) is 14.1. The summed E-state index contributed by atoms with van der Waals surface area (Å²) in [6.45, 7) is 23.4. The smallest absolute Gasteiger partial charge is 0.228 e. The Morgan fingerprint density at radius 2 is 0.528 bits per heavy atom. The largest absolute Gasteiger partial charge is 0.234 e. The van der Waals surface area contributed by atoms with Crippen LogP contribution >= 0.6 is 0 Å². The summed E-state index contributed by atoms with van der Waals surface area (Å²) in [5.74, 6) is -1.50. The minimum atomic E-state index is -0.751. The molecular formula is C28H56O8. The molecule has 2 aliphatic carbocycles. The number of rotatable bonds is 8. The zero-order chi connectivity index (χ0) is 27.7. The van der Waals surface area contributed by atoms with Crippen LogP contribution in [0, 0.1) is 0 Å². The average Bonchev–Trinajstić information content (AvgIpc) is 2.74. The fraction of sp³-hybridized carbons (Fsp3) is 1.00. The molecule has 0 unspecified atom stereocenters. The van der Waals surface area contributed by atoms with Crippen LogP contribution in [0.1, 0.15) is 147 Å². The molecule has 8 heteroatoms. The third kappa shape index (κ3) is 15.8. The standard InChI is InChI=1S/2C14H28O4/c2*1-12(2,3)15-17-14(10-8-7-9-11-14)18-16-13(4,5)6/h2*7-11H2,1-6H3. The molecule has 0 aromatic heterocycles. The molecule has 0 heterocycles. The van der Waals surface area contributed by atoms with Crippen LogP contribution in [0.2, 0.25) is 0 Å². The van der Waals surface area contributed by atoms with Crippen LogP contribution in [-0.2, 0) is 39.1 Å². The Balaban J connectivity index is 0.000000360. The van der Waals surface area contributed by atoms with E-state index in [-0.39, 0.29) is 22.4 Å².